The standard InChI is InChI=1S/C10H15BrN4O2S/c1-18-9(6-15(16)17)12-5-3-2-4-8-10(11)14-7-13-8/h6-7,12H,2-5H2,1H3,(H,13,14)/b9-6+. The Labute approximate surface area is 118 Å². The Morgan fingerprint density at radius 1 is 1.72 bits per heavy atom. The van der Waals surface area contributed by atoms with Crippen LogP contribution in [0.1, 0.15) is 18.5 Å². The highest BCUT2D eigenvalue weighted by Gasteiger charge is 2.03. The van der Waals surface area contributed by atoms with E-state index in [-0.39, 0.29) is 0 Å². The van der Waals surface area contributed by atoms with Crippen LogP contribution in [0.3, 0.4) is 0 Å². The summed E-state index contributed by atoms with van der Waals surface area (Å²) in [6, 6.07) is 0. The van der Waals surface area contributed by atoms with E-state index in [1.807, 2.05) is 6.26 Å². The number of rotatable bonds is 8. The van der Waals surface area contributed by atoms with E-state index in [0.29, 0.717) is 5.03 Å². The van der Waals surface area contributed by atoms with Crippen LogP contribution < -0.4 is 5.32 Å². The lowest BCUT2D eigenvalue weighted by Gasteiger charge is -2.05. The van der Waals surface area contributed by atoms with E-state index in [0.717, 1.165) is 42.3 Å². The third kappa shape index (κ3) is 5.54. The third-order valence-electron chi connectivity index (χ3n) is 2.25. The maximum atomic E-state index is 10.3. The molecule has 0 aliphatic rings. The molecule has 0 aromatic carbocycles. The number of hydrogen-bond acceptors (Lipinski definition) is 5. The second-order valence-corrected chi connectivity index (χ2v) is 5.17. The second-order valence-electron chi connectivity index (χ2n) is 3.53. The molecule has 0 spiro atoms. The van der Waals surface area contributed by atoms with E-state index in [9.17, 15) is 10.1 Å². The largest absolute Gasteiger partial charge is 0.375 e. The summed E-state index contributed by atoms with van der Waals surface area (Å²) in [6.07, 6.45) is 7.27. The van der Waals surface area contributed by atoms with Crippen molar-refractivity contribution in [1.29, 1.82) is 0 Å². The summed E-state index contributed by atoms with van der Waals surface area (Å²) in [4.78, 5) is 17.0. The number of nitrogens with zero attached hydrogens (tertiary/aromatic N) is 2. The first-order valence-corrected chi connectivity index (χ1v) is 7.46. The number of H-pyrrole nitrogens is 1. The Kier molecular flexibility index (Phi) is 6.81. The lowest BCUT2D eigenvalue weighted by atomic mass is 10.2. The van der Waals surface area contributed by atoms with Crippen LogP contribution in [0.5, 0.6) is 0 Å². The van der Waals surface area contributed by atoms with Gasteiger partial charge >= 0.3 is 0 Å². The molecule has 0 aliphatic carbocycles. The number of nitrogens with one attached hydrogen (secondary N) is 2. The first-order valence-electron chi connectivity index (χ1n) is 5.44. The van der Waals surface area contributed by atoms with Gasteiger partial charge in [-0.25, -0.2) is 4.98 Å². The number of nitro groups is 1. The molecule has 100 valence electrons. The molecule has 0 radical (unpaired) electrons. The highest BCUT2D eigenvalue weighted by Crippen LogP contribution is 2.13. The highest BCUT2D eigenvalue weighted by molar-refractivity contribution is 9.10. The molecule has 8 heteroatoms. The van der Waals surface area contributed by atoms with Gasteiger partial charge in [0.25, 0.3) is 6.20 Å². The molecule has 0 saturated heterocycles. The highest BCUT2D eigenvalue weighted by atomic mass is 79.9. The monoisotopic (exact) mass is 334 g/mol. The molecule has 1 heterocycles. The van der Waals surface area contributed by atoms with Crippen LogP contribution >= 0.6 is 27.7 Å². The predicted molar refractivity (Wildman–Crippen MR) is 75.8 cm³/mol. The van der Waals surface area contributed by atoms with E-state index < -0.39 is 4.92 Å². The van der Waals surface area contributed by atoms with Crippen molar-refractivity contribution < 1.29 is 4.92 Å². The zero-order valence-electron chi connectivity index (χ0n) is 9.98. The van der Waals surface area contributed by atoms with Gasteiger partial charge in [-0.1, -0.05) is 0 Å². The molecule has 6 nitrogen and oxygen atoms in total. The van der Waals surface area contributed by atoms with Gasteiger partial charge in [0, 0.05) is 6.54 Å². The summed E-state index contributed by atoms with van der Waals surface area (Å²) >= 11 is 4.72. The van der Waals surface area contributed by atoms with Crippen molar-refractivity contribution >= 4 is 27.7 Å². The molecule has 0 atom stereocenters. The van der Waals surface area contributed by atoms with E-state index in [4.69, 9.17) is 0 Å². The fourth-order valence-electron chi connectivity index (χ4n) is 1.38. The molecule has 0 aliphatic heterocycles. The number of aromatic nitrogens is 2. The molecular weight excluding hydrogens is 320 g/mol. The molecule has 18 heavy (non-hydrogen) atoms. The quantitative estimate of drug-likeness (QED) is 0.433. The Balaban J connectivity index is 2.19. The Bertz CT molecular complexity index is 422. The number of hydrogen-bond donors (Lipinski definition) is 2. The predicted octanol–water partition coefficient (Wildman–Crippen LogP) is 2.52. The zero-order chi connectivity index (χ0) is 13.4. The summed E-state index contributed by atoms with van der Waals surface area (Å²) in [5.74, 6) is 0. The van der Waals surface area contributed by atoms with Crippen molar-refractivity contribution in [3.05, 3.63) is 38.0 Å². The van der Waals surface area contributed by atoms with Crippen molar-refractivity contribution in [3.63, 3.8) is 0 Å². The fraction of sp³-hybridized carbons (Fsp3) is 0.500. The van der Waals surface area contributed by atoms with Gasteiger partial charge < -0.3 is 10.3 Å². The van der Waals surface area contributed by atoms with Gasteiger partial charge in [0.2, 0.25) is 0 Å². The van der Waals surface area contributed by atoms with Gasteiger partial charge in [-0.2, -0.15) is 0 Å². The van der Waals surface area contributed by atoms with Gasteiger partial charge in [0.05, 0.1) is 16.9 Å². The number of aryl methyl sites for hydroxylation is 1. The number of aromatic amines is 1. The van der Waals surface area contributed by atoms with Crippen molar-refractivity contribution in [1.82, 2.24) is 15.3 Å². The first kappa shape index (κ1) is 15.0. The third-order valence-corrected chi connectivity index (χ3v) is 3.62. The van der Waals surface area contributed by atoms with Gasteiger partial charge in [0.1, 0.15) is 9.63 Å². The van der Waals surface area contributed by atoms with Crippen LogP contribution in [0.4, 0.5) is 0 Å². The number of thioether (sulfide) groups is 1. The van der Waals surface area contributed by atoms with Crippen molar-refractivity contribution in [2.24, 2.45) is 0 Å². The summed E-state index contributed by atoms with van der Waals surface area (Å²) in [6.45, 7) is 0.725. The summed E-state index contributed by atoms with van der Waals surface area (Å²) in [5, 5.41) is 13.9. The van der Waals surface area contributed by atoms with Crippen LogP contribution in [-0.4, -0.2) is 27.7 Å². The topological polar surface area (TPSA) is 83.8 Å². The minimum atomic E-state index is -0.445. The lowest BCUT2D eigenvalue weighted by Crippen LogP contribution is -2.14. The molecule has 0 unspecified atom stereocenters. The Morgan fingerprint density at radius 2 is 2.50 bits per heavy atom. The fourth-order valence-corrected chi connectivity index (χ4v) is 2.22. The lowest BCUT2D eigenvalue weighted by molar-refractivity contribution is -0.403. The van der Waals surface area contributed by atoms with Gasteiger partial charge in [-0.3, -0.25) is 10.1 Å². The van der Waals surface area contributed by atoms with Crippen LogP contribution in [0.2, 0.25) is 0 Å². The molecule has 1 rings (SSSR count). The number of unbranched alkanes of at least 4 members (excludes halogenated alkanes) is 1. The van der Waals surface area contributed by atoms with Gasteiger partial charge in [0.15, 0.2) is 0 Å². The maximum absolute atomic E-state index is 10.3. The van der Waals surface area contributed by atoms with Gasteiger partial charge in [-0.05, 0) is 41.4 Å². The molecule has 1 aromatic heterocycles. The maximum Gasteiger partial charge on any atom is 0.263 e. The van der Waals surface area contributed by atoms with E-state index in [2.05, 4.69) is 31.2 Å². The van der Waals surface area contributed by atoms with Crippen molar-refractivity contribution in [3.8, 4) is 0 Å². The molecule has 0 fully saturated rings. The van der Waals surface area contributed by atoms with Crippen molar-refractivity contribution in [2.75, 3.05) is 12.8 Å². The number of imidazole rings is 1. The smallest absolute Gasteiger partial charge is 0.263 e. The minimum absolute atomic E-state index is 0.445. The average molecular weight is 335 g/mol. The SMILES string of the molecule is CS/C(=C/[N+](=O)[O-])NCCCCc1nc[nH]c1Br. The zero-order valence-corrected chi connectivity index (χ0v) is 12.4. The van der Waals surface area contributed by atoms with Crippen LogP contribution in [-0.2, 0) is 6.42 Å². The molecule has 0 amide bonds. The first-order chi connectivity index (χ1) is 8.63. The Hall–Kier alpha value is -1.02. The van der Waals surface area contributed by atoms with Crippen LogP contribution in [0, 0.1) is 10.1 Å². The van der Waals surface area contributed by atoms with E-state index in [1.54, 1.807) is 6.33 Å². The molecule has 0 bridgehead atoms. The molecular formula is C10H15BrN4O2S. The van der Waals surface area contributed by atoms with Gasteiger partial charge in [-0.15, -0.1) is 11.8 Å². The average Bonchev–Trinajstić information content (AvgIpc) is 2.72. The van der Waals surface area contributed by atoms with Crippen LogP contribution in [0.25, 0.3) is 0 Å². The second kappa shape index (κ2) is 8.15. The van der Waals surface area contributed by atoms with E-state index >= 15 is 0 Å². The summed E-state index contributed by atoms with van der Waals surface area (Å²) in [5.41, 5.74) is 1.01. The van der Waals surface area contributed by atoms with Crippen molar-refractivity contribution in [2.45, 2.75) is 19.3 Å². The summed E-state index contributed by atoms with van der Waals surface area (Å²) < 4.78 is 0.925. The molecule has 1 aromatic rings. The molecule has 2 N–H and O–H groups in total. The normalized spacial score (nSPS) is 11.6. The summed E-state index contributed by atoms with van der Waals surface area (Å²) in [7, 11) is 0. The minimum Gasteiger partial charge on any atom is -0.375 e. The number of halogens is 1. The Morgan fingerprint density at radius 3 is 3.06 bits per heavy atom. The molecule has 0 saturated carbocycles. The van der Waals surface area contributed by atoms with Crippen LogP contribution in [0.15, 0.2) is 22.2 Å². The van der Waals surface area contributed by atoms with E-state index in [1.165, 1.54) is 11.8 Å².